The fraction of sp³-hybridized carbons (Fsp3) is 0.250. The summed E-state index contributed by atoms with van der Waals surface area (Å²) in [7, 11) is 0. The monoisotopic (exact) mass is 388 g/mol. The van der Waals surface area contributed by atoms with E-state index in [2.05, 4.69) is 72.6 Å². The van der Waals surface area contributed by atoms with Gasteiger partial charge in [0.25, 0.3) is 0 Å². The van der Waals surface area contributed by atoms with Crippen LogP contribution in [0, 0.1) is 0 Å². The zero-order valence-corrected chi connectivity index (χ0v) is 11.1. The molecule has 0 aliphatic rings. The molecule has 1 aromatic rings. The van der Waals surface area contributed by atoms with Crippen LogP contribution in [-0.2, 0) is 9.76 Å². The van der Waals surface area contributed by atoms with Gasteiger partial charge in [0, 0.05) is 14.2 Å². The molecule has 1 aromatic carbocycles. The Labute approximate surface area is 97.2 Å². The van der Waals surface area contributed by atoms with E-state index in [9.17, 15) is 0 Å². The molecular formula is C8H7Br2I. The molecule has 0 aromatic heterocycles. The first-order valence-electron chi connectivity index (χ1n) is 3.17. The van der Waals surface area contributed by atoms with Crippen molar-refractivity contribution in [1.82, 2.24) is 0 Å². The molecule has 60 valence electrons. The van der Waals surface area contributed by atoms with Crippen LogP contribution in [0.4, 0.5) is 0 Å². The molecule has 0 nitrogen and oxygen atoms in total. The van der Waals surface area contributed by atoms with Crippen molar-refractivity contribution in [3.63, 3.8) is 0 Å². The Balaban J connectivity index is 3.06. The molecule has 0 fully saturated rings. The van der Waals surface area contributed by atoms with Gasteiger partial charge in [-0.15, -0.1) is 0 Å². The predicted octanol–water partition coefficient (Wildman–Crippen LogP) is 4.28. The minimum atomic E-state index is 0.935. The SMILES string of the molecule is BrCc1cc(Br)ccc1CI. The molecule has 0 unspecified atom stereocenters. The summed E-state index contributed by atoms with van der Waals surface area (Å²) in [5, 5.41) is 0.935. The maximum Gasteiger partial charge on any atom is 0.0286 e. The lowest BCUT2D eigenvalue weighted by molar-refractivity contribution is 1.30. The second kappa shape index (κ2) is 4.82. The van der Waals surface area contributed by atoms with Crippen molar-refractivity contribution in [1.29, 1.82) is 0 Å². The largest absolute Gasteiger partial charge is 0.0876 e. The molecule has 0 amide bonds. The van der Waals surface area contributed by atoms with Crippen LogP contribution < -0.4 is 0 Å². The van der Waals surface area contributed by atoms with Gasteiger partial charge in [0.1, 0.15) is 0 Å². The first-order chi connectivity index (χ1) is 5.27. The zero-order valence-electron chi connectivity index (χ0n) is 5.78. The van der Waals surface area contributed by atoms with Crippen molar-refractivity contribution in [2.24, 2.45) is 0 Å². The number of benzene rings is 1. The normalized spacial score (nSPS) is 10.1. The Morgan fingerprint density at radius 1 is 1.27 bits per heavy atom. The fourth-order valence-electron chi connectivity index (χ4n) is 0.849. The summed E-state index contributed by atoms with van der Waals surface area (Å²) in [5.74, 6) is 0. The molecule has 0 saturated heterocycles. The molecule has 0 bridgehead atoms. The van der Waals surface area contributed by atoms with Crippen molar-refractivity contribution in [2.45, 2.75) is 9.76 Å². The lowest BCUT2D eigenvalue weighted by Crippen LogP contribution is -1.86. The van der Waals surface area contributed by atoms with Crippen LogP contribution >= 0.6 is 54.5 Å². The highest BCUT2D eigenvalue weighted by Gasteiger charge is 1.99. The van der Waals surface area contributed by atoms with Crippen molar-refractivity contribution < 1.29 is 0 Å². The molecule has 0 heterocycles. The molecular weight excluding hydrogens is 383 g/mol. The number of alkyl halides is 2. The van der Waals surface area contributed by atoms with Crippen molar-refractivity contribution in [3.05, 3.63) is 33.8 Å². The maximum atomic E-state index is 3.46. The molecule has 3 heteroatoms. The van der Waals surface area contributed by atoms with Crippen molar-refractivity contribution in [3.8, 4) is 0 Å². The van der Waals surface area contributed by atoms with Gasteiger partial charge in [-0.05, 0) is 23.3 Å². The summed E-state index contributed by atoms with van der Waals surface area (Å²) in [6, 6.07) is 6.40. The summed E-state index contributed by atoms with van der Waals surface area (Å²) < 4.78 is 2.23. The third-order valence-electron chi connectivity index (χ3n) is 1.46. The minimum absolute atomic E-state index is 0.935. The summed E-state index contributed by atoms with van der Waals surface area (Å²) in [6.45, 7) is 0. The van der Waals surface area contributed by atoms with Crippen LogP contribution in [0.2, 0.25) is 0 Å². The van der Waals surface area contributed by atoms with Crippen molar-refractivity contribution >= 4 is 54.5 Å². The van der Waals surface area contributed by atoms with Gasteiger partial charge in [0.15, 0.2) is 0 Å². The average molecular weight is 390 g/mol. The molecule has 0 spiro atoms. The van der Waals surface area contributed by atoms with E-state index in [1.165, 1.54) is 11.1 Å². The third-order valence-corrected chi connectivity index (χ3v) is 3.38. The Morgan fingerprint density at radius 2 is 2.00 bits per heavy atom. The second-order valence-corrected chi connectivity index (χ2v) is 4.42. The summed E-state index contributed by atoms with van der Waals surface area (Å²) in [5.41, 5.74) is 2.78. The van der Waals surface area contributed by atoms with Crippen LogP contribution in [0.5, 0.6) is 0 Å². The Hall–Kier alpha value is 0.910. The van der Waals surface area contributed by atoms with E-state index in [4.69, 9.17) is 0 Å². The molecule has 11 heavy (non-hydrogen) atoms. The third kappa shape index (κ3) is 2.70. The Morgan fingerprint density at radius 3 is 2.55 bits per heavy atom. The second-order valence-electron chi connectivity index (χ2n) is 2.18. The van der Waals surface area contributed by atoms with E-state index in [0.717, 1.165) is 14.2 Å². The van der Waals surface area contributed by atoms with E-state index in [1.807, 2.05) is 0 Å². The predicted molar refractivity (Wildman–Crippen MR) is 64.5 cm³/mol. The van der Waals surface area contributed by atoms with E-state index >= 15 is 0 Å². The van der Waals surface area contributed by atoms with Gasteiger partial charge < -0.3 is 0 Å². The summed E-state index contributed by atoms with van der Waals surface area (Å²) in [6.07, 6.45) is 0. The van der Waals surface area contributed by atoms with Gasteiger partial charge in [-0.3, -0.25) is 0 Å². The quantitative estimate of drug-likeness (QED) is 0.523. The summed E-state index contributed by atoms with van der Waals surface area (Å²) in [4.78, 5) is 0. The lowest BCUT2D eigenvalue weighted by Gasteiger charge is -2.03. The van der Waals surface area contributed by atoms with Crippen LogP contribution in [0.3, 0.4) is 0 Å². The van der Waals surface area contributed by atoms with E-state index in [-0.39, 0.29) is 0 Å². The van der Waals surface area contributed by atoms with Gasteiger partial charge >= 0.3 is 0 Å². The van der Waals surface area contributed by atoms with Gasteiger partial charge in [-0.2, -0.15) is 0 Å². The van der Waals surface area contributed by atoms with E-state index < -0.39 is 0 Å². The first kappa shape index (κ1) is 9.99. The first-order valence-corrected chi connectivity index (χ1v) is 6.61. The van der Waals surface area contributed by atoms with Crippen LogP contribution in [0.15, 0.2) is 22.7 Å². The molecule has 0 atom stereocenters. The Kier molecular flexibility index (Phi) is 4.38. The highest BCUT2D eigenvalue weighted by atomic mass is 127. The molecule has 0 saturated carbocycles. The molecule has 0 aliphatic carbocycles. The smallest absolute Gasteiger partial charge is 0.0286 e. The van der Waals surface area contributed by atoms with E-state index in [1.54, 1.807) is 0 Å². The number of hydrogen-bond donors (Lipinski definition) is 0. The molecule has 0 aliphatic heterocycles. The molecule has 0 radical (unpaired) electrons. The highest BCUT2D eigenvalue weighted by Crippen LogP contribution is 2.20. The molecule has 0 N–H and O–H groups in total. The fourth-order valence-corrected chi connectivity index (χ4v) is 2.52. The number of rotatable bonds is 2. The van der Waals surface area contributed by atoms with Gasteiger partial charge in [0.05, 0.1) is 0 Å². The van der Waals surface area contributed by atoms with Crippen LogP contribution in [-0.4, -0.2) is 0 Å². The minimum Gasteiger partial charge on any atom is -0.0876 e. The maximum absolute atomic E-state index is 3.46. The average Bonchev–Trinajstić information content (AvgIpc) is 2.04. The van der Waals surface area contributed by atoms with Gasteiger partial charge in [-0.1, -0.05) is 60.5 Å². The van der Waals surface area contributed by atoms with Gasteiger partial charge in [-0.25, -0.2) is 0 Å². The van der Waals surface area contributed by atoms with E-state index in [0.29, 0.717) is 0 Å². The number of halogens is 3. The van der Waals surface area contributed by atoms with Crippen molar-refractivity contribution in [2.75, 3.05) is 0 Å². The number of hydrogen-bond acceptors (Lipinski definition) is 0. The zero-order chi connectivity index (χ0) is 8.27. The van der Waals surface area contributed by atoms with Crippen LogP contribution in [0.25, 0.3) is 0 Å². The van der Waals surface area contributed by atoms with Crippen LogP contribution in [0.1, 0.15) is 11.1 Å². The van der Waals surface area contributed by atoms with Gasteiger partial charge in [0.2, 0.25) is 0 Å². The highest BCUT2D eigenvalue weighted by molar-refractivity contribution is 14.1. The summed E-state index contributed by atoms with van der Waals surface area (Å²) >= 11 is 9.28. The lowest BCUT2D eigenvalue weighted by atomic mass is 10.1. The molecule has 1 rings (SSSR count). The standard InChI is InChI=1S/C8H7Br2I/c9-4-7-3-8(10)2-1-6(7)5-11/h1-3H,4-5H2. The Bertz CT molecular complexity index is 248. The topological polar surface area (TPSA) is 0 Å².